The lowest BCUT2D eigenvalue weighted by atomic mass is 9.93. The van der Waals surface area contributed by atoms with Crippen molar-refractivity contribution in [2.45, 2.75) is 37.1 Å². The van der Waals surface area contributed by atoms with Crippen LogP contribution in [0.5, 0.6) is 0 Å². The van der Waals surface area contributed by atoms with Gasteiger partial charge in [0.1, 0.15) is 5.82 Å². The molecule has 4 heteroatoms. The SMILES string of the molecule is O=C(N1CCC[C@H]1c1ccccn1)C1(c2ccc(F)cc2)CC1. The highest BCUT2D eigenvalue weighted by Gasteiger charge is 2.54. The second kappa shape index (κ2) is 5.44. The molecule has 1 saturated carbocycles. The Morgan fingerprint density at radius 1 is 1.17 bits per heavy atom. The van der Waals surface area contributed by atoms with E-state index in [1.165, 1.54) is 12.1 Å². The highest BCUT2D eigenvalue weighted by atomic mass is 19.1. The van der Waals surface area contributed by atoms with Crippen molar-refractivity contribution in [3.8, 4) is 0 Å². The molecule has 0 bridgehead atoms. The fraction of sp³-hybridized carbons (Fsp3) is 0.368. The Bertz CT molecular complexity index is 710. The van der Waals surface area contributed by atoms with Crippen LogP contribution in [0.4, 0.5) is 4.39 Å². The zero-order valence-electron chi connectivity index (χ0n) is 12.9. The molecule has 1 aromatic carbocycles. The Kier molecular flexibility index (Phi) is 3.40. The third-order valence-electron chi connectivity index (χ3n) is 5.10. The van der Waals surface area contributed by atoms with Gasteiger partial charge in [-0.2, -0.15) is 0 Å². The molecule has 2 fully saturated rings. The summed E-state index contributed by atoms with van der Waals surface area (Å²) in [6.07, 6.45) is 5.45. The van der Waals surface area contributed by atoms with E-state index in [9.17, 15) is 9.18 Å². The Morgan fingerprint density at radius 2 is 1.96 bits per heavy atom. The quantitative estimate of drug-likeness (QED) is 0.867. The summed E-state index contributed by atoms with van der Waals surface area (Å²) in [4.78, 5) is 19.6. The molecular formula is C19H19FN2O. The number of halogens is 1. The summed E-state index contributed by atoms with van der Waals surface area (Å²) >= 11 is 0. The second-order valence-corrected chi connectivity index (χ2v) is 6.50. The van der Waals surface area contributed by atoms with Crippen LogP contribution in [0, 0.1) is 5.82 Å². The van der Waals surface area contributed by atoms with Crippen LogP contribution in [0.25, 0.3) is 0 Å². The topological polar surface area (TPSA) is 33.2 Å². The van der Waals surface area contributed by atoms with Crippen molar-refractivity contribution in [3.05, 3.63) is 65.7 Å². The molecule has 0 unspecified atom stereocenters. The van der Waals surface area contributed by atoms with E-state index in [0.717, 1.165) is 43.5 Å². The van der Waals surface area contributed by atoms with Gasteiger partial charge in [-0.3, -0.25) is 9.78 Å². The Balaban J connectivity index is 1.62. The average Bonchev–Trinajstić information content (AvgIpc) is 3.25. The molecule has 23 heavy (non-hydrogen) atoms. The first kappa shape index (κ1) is 14.4. The van der Waals surface area contributed by atoms with Gasteiger partial charge in [-0.25, -0.2) is 4.39 Å². The molecule has 0 spiro atoms. The van der Waals surface area contributed by atoms with Gasteiger partial charge in [-0.05, 0) is 55.5 Å². The molecule has 1 aliphatic heterocycles. The molecule has 2 aromatic rings. The van der Waals surface area contributed by atoms with Crippen molar-refractivity contribution >= 4 is 5.91 Å². The molecule has 1 aliphatic carbocycles. The molecular weight excluding hydrogens is 291 g/mol. The third-order valence-corrected chi connectivity index (χ3v) is 5.10. The number of aromatic nitrogens is 1. The highest BCUT2D eigenvalue weighted by Crippen LogP contribution is 2.51. The van der Waals surface area contributed by atoms with Crippen LogP contribution in [0.2, 0.25) is 0 Å². The summed E-state index contributed by atoms with van der Waals surface area (Å²) in [7, 11) is 0. The fourth-order valence-electron chi connectivity index (χ4n) is 3.69. The van der Waals surface area contributed by atoms with E-state index in [-0.39, 0.29) is 17.8 Å². The van der Waals surface area contributed by atoms with E-state index in [0.29, 0.717) is 0 Å². The smallest absolute Gasteiger partial charge is 0.233 e. The van der Waals surface area contributed by atoms with Gasteiger partial charge in [0.25, 0.3) is 0 Å². The monoisotopic (exact) mass is 310 g/mol. The maximum atomic E-state index is 13.2. The van der Waals surface area contributed by atoms with Gasteiger partial charge in [-0.15, -0.1) is 0 Å². The number of carbonyl (C=O) groups excluding carboxylic acids is 1. The fourth-order valence-corrected chi connectivity index (χ4v) is 3.69. The predicted octanol–water partition coefficient (Wildman–Crippen LogP) is 3.62. The Morgan fingerprint density at radius 3 is 2.61 bits per heavy atom. The van der Waals surface area contributed by atoms with Gasteiger partial charge >= 0.3 is 0 Å². The minimum absolute atomic E-state index is 0.0709. The second-order valence-electron chi connectivity index (χ2n) is 6.50. The Hall–Kier alpha value is -2.23. The summed E-state index contributed by atoms with van der Waals surface area (Å²) in [5.74, 6) is -0.0817. The lowest BCUT2D eigenvalue weighted by molar-refractivity contribution is -0.135. The largest absolute Gasteiger partial charge is 0.333 e. The molecule has 1 aromatic heterocycles. The summed E-state index contributed by atoms with van der Waals surface area (Å²) < 4.78 is 13.2. The lowest BCUT2D eigenvalue weighted by Gasteiger charge is -2.29. The number of hydrogen-bond acceptors (Lipinski definition) is 2. The summed E-state index contributed by atoms with van der Waals surface area (Å²) in [6.45, 7) is 0.781. The van der Waals surface area contributed by atoms with Crippen molar-refractivity contribution < 1.29 is 9.18 Å². The van der Waals surface area contributed by atoms with Gasteiger partial charge in [0.15, 0.2) is 0 Å². The normalized spacial score (nSPS) is 22.1. The number of hydrogen-bond donors (Lipinski definition) is 0. The van der Waals surface area contributed by atoms with Crippen molar-refractivity contribution in [2.24, 2.45) is 0 Å². The van der Waals surface area contributed by atoms with Crippen LogP contribution >= 0.6 is 0 Å². The highest BCUT2D eigenvalue weighted by molar-refractivity contribution is 5.91. The van der Waals surface area contributed by atoms with E-state index < -0.39 is 5.41 Å². The first-order valence-corrected chi connectivity index (χ1v) is 8.19. The lowest BCUT2D eigenvalue weighted by Crippen LogP contribution is -2.39. The van der Waals surface area contributed by atoms with E-state index in [2.05, 4.69) is 4.98 Å². The number of pyridine rings is 1. The predicted molar refractivity (Wildman–Crippen MR) is 85.2 cm³/mol. The number of likely N-dealkylation sites (tertiary alicyclic amines) is 1. The van der Waals surface area contributed by atoms with Gasteiger partial charge in [-0.1, -0.05) is 18.2 Å². The number of benzene rings is 1. The molecule has 118 valence electrons. The van der Waals surface area contributed by atoms with Gasteiger partial charge in [0.05, 0.1) is 17.2 Å². The van der Waals surface area contributed by atoms with Gasteiger partial charge in [0.2, 0.25) is 5.91 Å². The summed E-state index contributed by atoms with van der Waals surface area (Å²) in [5.41, 5.74) is 1.47. The molecule has 2 heterocycles. The average molecular weight is 310 g/mol. The summed E-state index contributed by atoms with van der Waals surface area (Å²) in [5, 5.41) is 0. The number of amides is 1. The van der Waals surface area contributed by atoms with Crippen LogP contribution in [0.1, 0.15) is 43.0 Å². The van der Waals surface area contributed by atoms with Crippen LogP contribution in [-0.4, -0.2) is 22.3 Å². The van der Waals surface area contributed by atoms with E-state index in [1.807, 2.05) is 23.1 Å². The number of rotatable bonds is 3. The van der Waals surface area contributed by atoms with Crippen molar-refractivity contribution in [1.82, 2.24) is 9.88 Å². The van der Waals surface area contributed by atoms with Gasteiger partial charge < -0.3 is 4.90 Å². The zero-order chi connectivity index (χ0) is 15.9. The minimum Gasteiger partial charge on any atom is -0.333 e. The van der Waals surface area contributed by atoms with E-state index in [4.69, 9.17) is 0 Å². The van der Waals surface area contributed by atoms with Crippen molar-refractivity contribution in [3.63, 3.8) is 0 Å². The van der Waals surface area contributed by atoms with Crippen molar-refractivity contribution in [1.29, 1.82) is 0 Å². The maximum absolute atomic E-state index is 13.2. The first-order valence-electron chi connectivity index (χ1n) is 8.19. The minimum atomic E-state index is -0.439. The van der Waals surface area contributed by atoms with Gasteiger partial charge in [0, 0.05) is 12.7 Å². The first-order chi connectivity index (χ1) is 11.2. The molecule has 4 rings (SSSR count). The van der Waals surface area contributed by atoms with Crippen LogP contribution in [0.15, 0.2) is 48.7 Å². The van der Waals surface area contributed by atoms with Crippen LogP contribution in [0.3, 0.4) is 0 Å². The van der Waals surface area contributed by atoms with E-state index >= 15 is 0 Å². The third kappa shape index (κ3) is 2.42. The molecule has 1 amide bonds. The molecule has 3 nitrogen and oxygen atoms in total. The number of nitrogens with zero attached hydrogens (tertiary/aromatic N) is 2. The standard InChI is InChI=1S/C19H19FN2O/c20-15-8-6-14(7-9-15)19(10-11-19)18(23)22-13-3-5-17(22)16-4-1-2-12-21-16/h1-2,4,6-9,12,17H,3,5,10-11,13H2/t17-/m0/s1. The maximum Gasteiger partial charge on any atom is 0.233 e. The molecule has 0 N–H and O–H groups in total. The molecule has 0 radical (unpaired) electrons. The Labute approximate surface area is 135 Å². The van der Waals surface area contributed by atoms with Crippen LogP contribution in [-0.2, 0) is 10.2 Å². The molecule has 2 aliphatic rings. The summed E-state index contributed by atoms with van der Waals surface area (Å²) in [6, 6.07) is 12.3. The van der Waals surface area contributed by atoms with E-state index in [1.54, 1.807) is 18.3 Å². The molecule has 1 saturated heterocycles. The van der Waals surface area contributed by atoms with Crippen molar-refractivity contribution in [2.75, 3.05) is 6.54 Å². The van der Waals surface area contributed by atoms with Crippen LogP contribution < -0.4 is 0 Å². The number of carbonyl (C=O) groups is 1. The molecule has 1 atom stereocenters. The zero-order valence-corrected chi connectivity index (χ0v) is 12.9.